The number of likely N-dealkylation sites (tertiary alicyclic amines) is 1. The Bertz CT molecular complexity index is 1080. The number of halogens is 1. The summed E-state index contributed by atoms with van der Waals surface area (Å²) in [4.78, 5) is 29.9. The molecular formula is C21H22ClN3O5S. The predicted octanol–water partition coefficient (Wildman–Crippen LogP) is 1.15. The zero-order chi connectivity index (χ0) is 22.1. The minimum Gasteiger partial charge on any atom is -0.388 e. The summed E-state index contributed by atoms with van der Waals surface area (Å²) < 4.78 is 0.825. The molecule has 4 rings (SSSR count). The SMILES string of the molecule is O=C(N[C@@H](Cc1ccccc1)[C@@H](O)C(=O)N1C[C@@H](O)[C@@H](O)C1)c1cc2scc(Cl)c2[nH]1. The van der Waals surface area contributed by atoms with Gasteiger partial charge in [-0.25, -0.2) is 0 Å². The van der Waals surface area contributed by atoms with Crippen molar-refractivity contribution in [3.63, 3.8) is 0 Å². The van der Waals surface area contributed by atoms with Crippen LogP contribution in [0.25, 0.3) is 10.2 Å². The molecule has 8 nitrogen and oxygen atoms in total. The van der Waals surface area contributed by atoms with Crippen LogP contribution in [0.2, 0.25) is 5.02 Å². The van der Waals surface area contributed by atoms with E-state index in [-0.39, 0.29) is 25.2 Å². The summed E-state index contributed by atoms with van der Waals surface area (Å²) in [6, 6.07) is 9.93. The van der Waals surface area contributed by atoms with Gasteiger partial charge in [0, 0.05) is 18.5 Å². The fourth-order valence-electron chi connectivity index (χ4n) is 3.67. The van der Waals surface area contributed by atoms with Crippen molar-refractivity contribution in [1.29, 1.82) is 0 Å². The summed E-state index contributed by atoms with van der Waals surface area (Å²) in [5.41, 5.74) is 1.76. The topological polar surface area (TPSA) is 126 Å². The fourth-order valence-corrected chi connectivity index (χ4v) is 4.82. The molecule has 4 atom stereocenters. The summed E-state index contributed by atoms with van der Waals surface area (Å²) in [6.45, 7) is -0.150. The monoisotopic (exact) mass is 463 g/mol. The molecule has 3 aromatic rings. The maximum atomic E-state index is 12.9. The number of carbonyl (C=O) groups is 2. The minimum absolute atomic E-state index is 0.0749. The molecule has 1 saturated heterocycles. The first-order valence-electron chi connectivity index (χ1n) is 9.77. The third-order valence-corrected chi connectivity index (χ3v) is 6.73. The van der Waals surface area contributed by atoms with Gasteiger partial charge in [-0.3, -0.25) is 9.59 Å². The number of aliphatic hydroxyl groups is 3. The van der Waals surface area contributed by atoms with E-state index in [9.17, 15) is 24.9 Å². The molecule has 2 amide bonds. The van der Waals surface area contributed by atoms with E-state index < -0.39 is 36.2 Å². The number of nitrogens with one attached hydrogen (secondary N) is 2. The van der Waals surface area contributed by atoms with Crippen molar-refractivity contribution in [1.82, 2.24) is 15.2 Å². The number of carbonyl (C=O) groups excluding carboxylic acids is 2. The molecule has 0 radical (unpaired) electrons. The number of benzene rings is 1. The summed E-state index contributed by atoms with van der Waals surface area (Å²) in [5, 5.41) is 35.3. The van der Waals surface area contributed by atoms with Crippen LogP contribution in [0, 0.1) is 0 Å². The summed E-state index contributed by atoms with van der Waals surface area (Å²) in [5.74, 6) is -1.14. The Balaban J connectivity index is 1.54. The number of aromatic amines is 1. The highest BCUT2D eigenvalue weighted by Gasteiger charge is 2.38. The Hall–Kier alpha value is -2.43. The molecule has 0 bridgehead atoms. The number of β-amino-alcohol motifs (C(OH)–C–C–N with tert-alkyl or cyclic N) is 2. The van der Waals surface area contributed by atoms with Crippen molar-refractivity contribution >= 4 is 45.0 Å². The number of hydrogen-bond acceptors (Lipinski definition) is 6. The van der Waals surface area contributed by atoms with E-state index in [1.807, 2.05) is 30.3 Å². The Kier molecular flexibility index (Phi) is 6.31. The van der Waals surface area contributed by atoms with Gasteiger partial charge in [0.2, 0.25) is 0 Å². The number of fused-ring (bicyclic) bond motifs is 1. The van der Waals surface area contributed by atoms with E-state index in [0.717, 1.165) is 10.3 Å². The van der Waals surface area contributed by atoms with Crippen LogP contribution < -0.4 is 5.32 Å². The lowest BCUT2D eigenvalue weighted by atomic mass is 10.00. The smallest absolute Gasteiger partial charge is 0.268 e. The number of nitrogens with zero attached hydrogens (tertiary/aromatic N) is 1. The van der Waals surface area contributed by atoms with Gasteiger partial charge in [0.25, 0.3) is 11.8 Å². The van der Waals surface area contributed by atoms with E-state index in [1.54, 1.807) is 11.4 Å². The largest absolute Gasteiger partial charge is 0.388 e. The number of thiophene rings is 1. The molecule has 2 aromatic heterocycles. The Morgan fingerprint density at radius 3 is 2.55 bits per heavy atom. The second-order valence-electron chi connectivity index (χ2n) is 7.60. The second-order valence-corrected chi connectivity index (χ2v) is 8.92. The normalized spacial score (nSPS) is 20.7. The second kappa shape index (κ2) is 8.97. The van der Waals surface area contributed by atoms with Gasteiger partial charge in [-0.05, 0) is 18.1 Å². The summed E-state index contributed by atoms with van der Waals surface area (Å²) in [7, 11) is 0. The van der Waals surface area contributed by atoms with Crippen LogP contribution in [-0.2, 0) is 11.2 Å². The van der Waals surface area contributed by atoms with Gasteiger partial charge in [-0.2, -0.15) is 0 Å². The Morgan fingerprint density at radius 1 is 1.23 bits per heavy atom. The number of aliphatic hydroxyl groups excluding tert-OH is 3. The molecule has 31 heavy (non-hydrogen) atoms. The Morgan fingerprint density at radius 2 is 1.90 bits per heavy atom. The fraction of sp³-hybridized carbons (Fsp3) is 0.333. The zero-order valence-electron chi connectivity index (χ0n) is 16.4. The van der Waals surface area contributed by atoms with E-state index in [4.69, 9.17) is 11.6 Å². The van der Waals surface area contributed by atoms with E-state index in [2.05, 4.69) is 10.3 Å². The molecule has 1 aliphatic rings. The number of H-pyrrole nitrogens is 1. The predicted molar refractivity (Wildman–Crippen MR) is 117 cm³/mol. The molecule has 0 saturated carbocycles. The van der Waals surface area contributed by atoms with Crippen LogP contribution in [0.5, 0.6) is 0 Å². The van der Waals surface area contributed by atoms with Gasteiger partial charge in [0.15, 0.2) is 6.10 Å². The average Bonchev–Trinajstić information content (AvgIpc) is 3.43. The number of amides is 2. The van der Waals surface area contributed by atoms with Gasteiger partial charge >= 0.3 is 0 Å². The lowest BCUT2D eigenvalue weighted by molar-refractivity contribution is -0.141. The molecule has 1 aliphatic heterocycles. The number of rotatable bonds is 6. The van der Waals surface area contributed by atoms with Crippen LogP contribution in [0.4, 0.5) is 0 Å². The van der Waals surface area contributed by atoms with Gasteiger partial charge in [0.05, 0.1) is 33.5 Å². The molecule has 3 heterocycles. The van der Waals surface area contributed by atoms with E-state index in [1.165, 1.54) is 16.2 Å². The van der Waals surface area contributed by atoms with Crippen LogP contribution >= 0.6 is 22.9 Å². The van der Waals surface area contributed by atoms with E-state index in [0.29, 0.717) is 10.5 Å². The molecule has 10 heteroatoms. The van der Waals surface area contributed by atoms with Crippen LogP contribution in [0.3, 0.4) is 0 Å². The summed E-state index contributed by atoms with van der Waals surface area (Å²) in [6.07, 6.45) is -3.46. The number of aromatic nitrogens is 1. The quantitative estimate of drug-likeness (QED) is 0.375. The molecule has 0 spiro atoms. The third kappa shape index (κ3) is 4.60. The molecule has 1 aromatic carbocycles. The van der Waals surface area contributed by atoms with Crippen molar-refractivity contribution in [2.75, 3.05) is 13.1 Å². The molecule has 164 valence electrons. The van der Waals surface area contributed by atoms with Crippen LogP contribution in [0.1, 0.15) is 16.1 Å². The molecule has 0 aliphatic carbocycles. The molecule has 1 fully saturated rings. The molecule has 0 unspecified atom stereocenters. The highest BCUT2D eigenvalue weighted by atomic mass is 35.5. The van der Waals surface area contributed by atoms with Gasteiger partial charge in [-0.1, -0.05) is 41.9 Å². The highest BCUT2D eigenvalue weighted by Crippen LogP contribution is 2.30. The maximum absolute atomic E-state index is 12.9. The lowest BCUT2D eigenvalue weighted by Crippen LogP contribution is -2.52. The van der Waals surface area contributed by atoms with Crippen molar-refractivity contribution < 1.29 is 24.9 Å². The van der Waals surface area contributed by atoms with Crippen LogP contribution in [0.15, 0.2) is 41.8 Å². The molecule has 5 N–H and O–H groups in total. The molecular weight excluding hydrogens is 442 g/mol. The van der Waals surface area contributed by atoms with Gasteiger partial charge in [-0.15, -0.1) is 11.3 Å². The lowest BCUT2D eigenvalue weighted by Gasteiger charge is -2.27. The van der Waals surface area contributed by atoms with E-state index >= 15 is 0 Å². The zero-order valence-corrected chi connectivity index (χ0v) is 17.9. The third-order valence-electron chi connectivity index (χ3n) is 5.37. The van der Waals surface area contributed by atoms with Crippen LogP contribution in [-0.4, -0.2) is 74.5 Å². The Labute approximate surface area is 187 Å². The van der Waals surface area contributed by atoms with Crippen molar-refractivity contribution in [2.45, 2.75) is 30.8 Å². The van der Waals surface area contributed by atoms with Crippen molar-refractivity contribution in [2.24, 2.45) is 0 Å². The van der Waals surface area contributed by atoms with Crippen molar-refractivity contribution in [3.05, 3.63) is 58.1 Å². The summed E-state index contributed by atoms with van der Waals surface area (Å²) >= 11 is 7.51. The minimum atomic E-state index is -1.55. The maximum Gasteiger partial charge on any atom is 0.268 e. The number of hydrogen-bond donors (Lipinski definition) is 5. The van der Waals surface area contributed by atoms with Gasteiger partial charge < -0.3 is 30.5 Å². The van der Waals surface area contributed by atoms with Crippen molar-refractivity contribution in [3.8, 4) is 0 Å². The first kappa shape index (κ1) is 21.8. The standard InChI is InChI=1S/C21H22ClN3O5S/c22-12-10-31-17-7-14(23-18(12)17)20(29)24-13(6-11-4-2-1-3-5-11)19(28)21(30)25-8-15(26)16(27)9-25/h1-5,7,10,13,15-16,19,23,26-28H,6,8-9H2,(H,24,29)/t13-,15-,16+,19+/m0/s1. The highest BCUT2D eigenvalue weighted by molar-refractivity contribution is 7.17. The first-order valence-corrected chi connectivity index (χ1v) is 11.0. The average molecular weight is 464 g/mol. The van der Waals surface area contributed by atoms with Gasteiger partial charge in [0.1, 0.15) is 5.69 Å². The first-order chi connectivity index (χ1) is 14.8.